The van der Waals surface area contributed by atoms with Crippen LogP contribution in [-0.4, -0.2) is 42.5 Å². The molecule has 5 aliphatic rings. The minimum atomic E-state index is -2.70. The van der Waals surface area contributed by atoms with Gasteiger partial charge in [-0.25, -0.2) is 0 Å². The second-order valence-electron chi connectivity index (χ2n) is 18.2. The molecule has 5 fully saturated rings. The van der Waals surface area contributed by atoms with Crippen molar-refractivity contribution in [3.8, 4) is 0 Å². The molecular weight excluding hydrogens is 623 g/mol. The van der Waals surface area contributed by atoms with Gasteiger partial charge in [-0.3, -0.25) is 4.98 Å². The van der Waals surface area contributed by atoms with Crippen molar-refractivity contribution in [2.45, 2.75) is 128 Å². The van der Waals surface area contributed by atoms with Gasteiger partial charge in [0, 0.05) is 17.7 Å². The predicted molar refractivity (Wildman–Crippen MR) is 197 cm³/mol. The maximum atomic E-state index is 12.5. The van der Waals surface area contributed by atoms with Crippen LogP contribution in [0.1, 0.15) is 99.1 Å². The van der Waals surface area contributed by atoms with E-state index in [-0.39, 0.29) is 34.2 Å². The highest BCUT2D eigenvalue weighted by Gasteiger charge is 2.71. The van der Waals surface area contributed by atoms with Crippen molar-refractivity contribution in [2.75, 3.05) is 0 Å². The van der Waals surface area contributed by atoms with E-state index in [9.17, 15) is 5.11 Å². The molecule has 10 atom stereocenters. The Hall–Kier alpha value is -2.35. The quantitative estimate of drug-likeness (QED) is 0.277. The number of aromatic nitrogens is 1. The lowest BCUT2D eigenvalue weighted by Gasteiger charge is -2.64. The number of hydrogen-bond acceptors (Lipinski definition) is 5. The monoisotopic (exact) mass is 679 g/mol. The zero-order valence-corrected chi connectivity index (χ0v) is 31.7. The second-order valence-corrected chi connectivity index (χ2v) is 22.5. The van der Waals surface area contributed by atoms with Crippen molar-refractivity contribution in [2.24, 2.45) is 34.5 Å². The molecule has 2 aromatic carbocycles. The Morgan fingerprint density at radius 3 is 1.96 bits per heavy atom. The summed E-state index contributed by atoms with van der Waals surface area (Å²) >= 11 is 0. The van der Waals surface area contributed by atoms with E-state index in [1.807, 2.05) is 24.4 Å². The normalized spacial score (nSPS) is 39.8. The van der Waals surface area contributed by atoms with Gasteiger partial charge in [-0.05, 0) is 115 Å². The van der Waals surface area contributed by atoms with Gasteiger partial charge in [-0.15, -0.1) is 0 Å². The van der Waals surface area contributed by atoms with Gasteiger partial charge >= 0.3 is 0 Å². The van der Waals surface area contributed by atoms with E-state index < -0.39 is 19.7 Å². The number of rotatable bonds is 5. The third kappa shape index (κ3) is 4.94. The minimum absolute atomic E-state index is 0.0118. The van der Waals surface area contributed by atoms with Crippen molar-refractivity contribution in [1.82, 2.24) is 4.98 Å². The molecule has 2 heterocycles. The Balaban J connectivity index is 1.15. The Morgan fingerprint density at radius 1 is 0.735 bits per heavy atom. The van der Waals surface area contributed by atoms with E-state index in [0.29, 0.717) is 23.7 Å². The highest BCUT2D eigenvalue weighted by atomic mass is 28.4. The van der Waals surface area contributed by atoms with E-state index in [4.69, 9.17) is 18.9 Å². The van der Waals surface area contributed by atoms with Crippen LogP contribution in [0.2, 0.25) is 5.04 Å². The fourth-order valence-electron chi connectivity index (χ4n) is 12.2. The summed E-state index contributed by atoms with van der Waals surface area (Å²) in [7, 11) is -2.70. The van der Waals surface area contributed by atoms with Crippen molar-refractivity contribution >= 4 is 18.7 Å². The Labute approximate surface area is 295 Å². The minimum Gasteiger partial charge on any atom is -0.404 e. The Bertz CT molecular complexity index is 1600. The average Bonchev–Trinajstić information content (AvgIpc) is 3.56. The first-order chi connectivity index (χ1) is 23.2. The van der Waals surface area contributed by atoms with Gasteiger partial charge in [-0.2, -0.15) is 0 Å². The Kier molecular flexibility index (Phi) is 7.98. The van der Waals surface area contributed by atoms with Crippen LogP contribution in [0.5, 0.6) is 0 Å². The zero-order valence-electron chi connectivity index (χ0n) is 30.7. The molecule has 8 rings (SSSR count). The van der Waals surface area contributed by atoms with Crippen molar-refractivity contribution in [1.29, 1.82) is 0 Å². The van der Waals surface area contributed by atoms with Gasteiger partial charge in [0.25, 0.3) is 8.32 Å². The highest BCUT2D eigenvalue weighted by Crippen LogP contribution is 2.71. The standard InChI is InChI=1S/C43H57NO4Si/c1-39(2,3)49(30-16-10-8-11-17-30,31-18-12-9-13-19-31)48-29-21-24-41(6)32-22-25-42(7)33(23-26-43(42,45)35-20-14-15-27-44-35)36(32)38-37(34(41)28-29)46-40(4,5)47-38/h8-20,27,29,32-34,36-38,45H,21-26,28H2,1-7H3/t29-,32-,33-,34+,36+,37+,38+,41+,42-,43+/m0/s1. The number of benzene rings is 2. The molecule has 1 saturated heterocycles. The van der Waals surface area contributed by atoms with Crippen LogP contribution in [-0.2, 0) is 19.5 Å². The molecule has 49 heavy (non-hydrogen) atoms. The molecule has 0 bridgehead atoms. The van der Waals surface area contributed by atoms with Crippen molar-refractivity contribution in [3.63, 3.8) is 0 Å². The van der Waals surface area contributed by atoms with Gasteiger partial charge in [0.05, 0.1) is 17.9 Å². The van der Waals surface area contributed by atoms with Crippen LogP contribution in [0.4, 0.5) is 0 Å². The molecule has 6 heteroatoms. The van der Waals surface area contributed by atoms with Crippen LogP contribution < -0.4 is 10.4 Å². The lowest BCUT2D eigenvalue weighted by Crippen LogP contribution is -2.69. The number of pyridine rings is 1. The summed E-state index contributed by atoms with van der Waals surface area (Å²) in [6, 6.07) is 28.2. The van der Waals surface area contributed by atoms with Crippen LogP contribution in [0, 0.1) is 34.5 Å². The molecule has 0 radical (unpaired) electrons. The van der Waals surface area contributed by atoms with E-state index in [1.165, 1.54) is 10.4 Å². The fourth-order valence-corrected chi connectivity index (χ4v) is 17.0. The summed E-state index contributed by atoms with van der Waals surface area (Å²) in [6.45, 7) is 16.3. The molecule has 3 aromatic rings. The number of nitrogens with zero attached hydrogens (tertiary/aromatic N) is 1. The molecule has 262 valence electrons. The largest absolute Gasteiger partial charge is 0.404 e. The molecule has 0 unspecified atom stereocenters. The molecule has 1 aliphatic heterocycles. The third-order valence-corrected chi connectivity index (χ3v) is 19.6. The Morgan fingerprint density at radius 2 is 1.35 bits per heavy atom. The average molecular weight is 680 g/mol. The lowest BCUT2D eigenvalue weighted by molar-refractivity contribution is -0.205. The summed E-state index contributed by atoms with van der Waals surface area (Å²) in [5.74, 6) is 0.929. The smallest absolute Gasteiger partial charge is 0.261 e. The zero-order chi connectivity index (χ0) is 34.5. The summed E-state index contributed by atoms with van der Waals surface area (Å²) in [5.41, 5.74) is -0.225. The number of aliphatic hydroxyl groups is 1. The molecule has 0 spiro atoms. The summed E-state index contributed by atoms with van der Waals surface area (Å²) in [6.07, 6.45) is 9.05. The van der Waals surface area contributed by atoms with Crippen LogP contribution >= 0.6 is 0 Å². The molecular formula is C43H57NO4Si. The summed E-state index contributed by atoms with van der Waals surface area (Å²) < 4.78 is 21.9. The number of hydrogen-bond donors (Lipinski definition) is 1. The first kappa shape index (κ1) is 33.8. The van der Waals surface area contributed by atoms with Gasteiger partial charge < -0.3 is 19.0 Å². The maximum Gasteiger partial charge on any atom is 0.261 e. The molecule has 4 aliphatic carbocycles. The van der Waals surface area contributed by atoms with E-state index >= 15 is 0 Å². The first-order valence-electron chi connectivity index (χ1n) is 19.0. The topological polar surface area (TPSA) is 60.8 Å². The summed E-state index contributed by atoms with van der Waals surface area (Å²) in [5, 5.41) is 15.1. The maximum absolute atomic E-state index is 12.5. The molecule has 5 nitrogen and oxygen atoms in total. The third-order valence-electron chi connectivity index (χ3n) is 14.5. The first-order valence-corrected chi connectivity index (χ1v) is 20.9. The highest BCUT2D eigenvalue weighted by molar-refractivity contribution is 6.99. The van der Waals surface area contributed by atoms with Gasteiger partial charge in [0.15, 0.2) is 5.79 Å². The molecule has 0 amide bonds. The van der Waals surface area contributed by atoms with E-state index in [2.05, 4.69) is 109 Å². The van der Waals surface area contributed by atoms with Crippen LogP contribution in [0.3, 0.4) is 0 Å². The fraction of sp³-hybridized carbons (Fsp3) is 0.605. The molecule has 1 aromatic heterocycles. The van der Waals surface area contributed by atoms with Crippen LogP contribution in [0.25, 0.3) is 0 Å². The van der Waals surface area contributed by atoms with Gasteiger partial charge in [0.2, 0.25) is 0 Å². The number of fused-ring (bicyclic) bond motifs is 8. The van der Waals surface area contributed by atoms with E-state index in [0.717, 1.165) is 50.6 Å². The van der Waals surface area contributed by atoms with Crippen molar-refractivity contribution < 1.29 is 19.0 Å². The van der Waals surface area contributed by atoms with Gasteiger partial charge in [0.1, 0.15) is 5.60 Å². The number of ether oxygens (including phenoxy) is 2. The SMILES string of the molecule is CC1(C)O[C@H]2[C@H](O1)[C@H]1C[C@@H](O[Si](c3ccccc3)(c3ccccc3)C(C)(C)C)CC[C@]1(C)[C@H]1CC[C@@]3(C)[C@@H](CC[C@@]3(O)c3ccccn3)[C@H]21. The summed E-state index contributed by atoms with van der Waals surface area (Å²) in [4.78, 5) is 4.72. The van der Waals surface area contributed by atoms with Gasteiger partial charge in [-0.1, -0.05) is 101 Å². The van der Waals surface area contributed by atoms with Crippen molar-refractivity contribution in [3.05, 3.63) is 90.8 Å². The predicted octanol–water partition coefficient (Wildman–Crippen LogP) is 8.00. The van der Waals surface area contributed by atoms with E-state index in [1.54, 1.807) is 0 Å². The molecule has 4 saturated carbocycles. The molecule has 1 N–H and O–H groups in total. The second kappa shape index (κ2) is 11.6. The van der Waals surface area contributed by atoms with Crippen LogP contribution in [0.15, 0.2) is 85.1 Å². The lowest BCUT2D eigenvalue weighted by atomic mass is 9.43.